The molecule has 0 amide bonds. The summed E-state index contributed by atoms with van der Waals surface area (Å²) in [6, 6.07) is 11.2. The van der Waals surface area contributed by atoms with Gasteiger partial charge >= 0.3 is 11.9 Å². The van der Waals surface area contributed by atoms with Crippen LogP contribution in [0.1, 0.15) is 22.6 Å². The van der Waals surface area contributed by atoms with Gasteiger partial charge in [-0.2, -0.15) is 0 Å². The van der Waals surface area contributed by atoms with Crippen LogP contribution < -0.4 is 14.2 Å². The fourth-order valence-corrected chi connectivity index (χ4v) is 4.20. The van der Waals surface area contributed by atoms with Gasteiger partial charge in [-0.15, -0.1) is 0 Å². The lowest BCUT2D eigenvalue weighted by Gasteiger charge is -2.30. The largest absolute Gasteiger partial charge is 0.492 e. The first kappa shape index (κ1) is 23.1. The van der Waals surface area contributed by atoms with Crippen molar-refractivity contribution in [3.8, 4) is 29.1 Å². The molecular formula is C26H25NO7. The van der Waals surface area contributed by atoms with E-state index in [9.17, 15) is 9.59 Å². The van der Waals surface area contributed by atoms with E-state index in [1.54, 1.807) is 11.9 Å². The maximum Gasteiger partial charge on any atom is 0.354 e. The van der Waals surface area contributed by atoms with E-state index in [4.69, 9.17) is 23.7 Å². The topological polar surface area (TPSA) is 83.5 Å². The van der Waals surface area contributed by atoms with E-state index in [1.165, 1.54) is 21.3 Å². The van der Waals surface area contributed by atoms with E-state index < -0.39 is 17.9 Å². The summed E-state index contributed by atoms with van der Waals surface area (Å²) in [5, 5.41) is 0. The SMILES string of the molecule is COC(=O)/C1=C(\C(=O)OC)N(C)CCc2cc3c(c(OC)c2C1C#Cc1ccccc1)OCO3. The molecule has 2 heterocycles. The van der Waals surface area contributed by atoms with Crippen molar-refractivity contribution in [3.05, 3.63) is 64.4 Å². The number of esters is 2. The quantitative estimate of drug-likeness (QED) is 0.508. The molecule has 2 aliphatic heterocycles. The molecule has 0 aliphatic carbocycles. The van der Waals surface area contributed by atoms with Crippen LogP contribution in [0, 0.1) is 11.8 Å². The zero-order chi connectivity index (χ0) is 24.2. The van der Waals surface area contributed by atoms with Crippen LogP contribution in [0.2, 0.25) is 0 Å². The molecule has 8 heteroatoms. The van der Waals surface area contributed by atoms with Crippen LogP contribution in [0.5, 0.6) is 17.2 Å². The van der Waals surface area contributed by atoms with Gasteiger partial charge in [0.2, 0.25) is 12.5 Å². The highest BCUT2D eigenvalue weighted by molar-refractivity contribution is 6.02. The molecule has 0 radical (unpaired) electrons. The van der Waals surface area contributed by atoms with E-state index in [1.807, 2.05) is 36.4 Å². The van der Waals surface area contributed by atoms with Gasteiger partial charge in [0.05, 0.1) is 32.8 Å². The summed E-state index contributed by atoms with van der Waals surface area (Å²) < 4.78 is 27.2. The number of methoxy groups -OCH3 is 3. The molecule has 0 N–H and O–H groups in total. The zero-order valence-electron chi connectivity index (χ0n) is 19.5. The van der Waals surface area contributed by atoms with Crippen molar-refractivity contribution in [2.75, 3.05) is 41.7 Å². The maximum absolute atomic E-state index is 13.2. The molecule has 0 bridgehead atoms. The first-order valence-electron chi connectivity index (χ1n) is 10.7. The Bertz CT molecular complexity index is 1210. The van der Waals surface area contributed by atoms with Crippen molar-refractivity contribution in [1.82, 2.24) is 4.90 Å². The number of carbonyl (C=O) groups excluding carboxylic acids is 2. The fourth-order valence-electron chi connectivity index (χ4n) is 4.20. The smallest absolute Gasteiger partial charge is 0.354 e. The monoisotopic (exact) mass is 463 g/mol. The van der Waals surface area contributed by atoms with Gasteiger partial charge in [-0.25, -0.2) is 9.59 Å². The Morgan fingerprint density at radius 1 is 1.06 bits per heavy atom. The Kier molecular flexibility index (Phi) is 6.64. The summed E-state index contributed by atoms with van der Waals surface area (Å²) in [7, 11) is 5.79. The van der Waals surface area contributed by atoms with Crippen LogP contribution in [-0.2, 0) is 25.5 Å². The highest BCUT2D eigenvalue weighted by Gasteiger charge is 2.38. The Labute approximate surface area is 198 Å². The van der Waals surface area contributed by atoms with Gasteiger partial charge in [0.25, 0.3) is 0 Å². The minimum Gasteiger partial charge on any atom is -0.492 e. The minimum absolute atomic E-state index is 0.0575. The third-order valence-corrected chi connectivity index (χ3v) is 5.80. The molecule has 2 aliphatic rings. The lowest BCUT2D eigenvalue weighted by molar-refractivity contribution is -0.140. The van der Waals surface area contributed by atoms with Crippen LogP contribution in [-0.4, -0.2) is 58.6 Å². The van der Waals surface area contributed by atoms with Crippen molar-refractivity contribution < 1.29 is 33.3 Å². The highest BCUT2D eigenvalue weighted by Crippen LogP contribution is 2.50. The average molecular weight is 463 g/mol. The summed E-state index contributed by atoms with van der Waals surface area (Å²) in [5.74, 6) is 5.53. The summed E-state index contributed by atoms with van der Waals surface area (Å²) in [5.41, 5.74) is 2.41. The third-order valence-electron chi connectivity index (χ3n) is 5.80. The van der Waals surface area contributed by atoms with Crippen molar-refractivity contribution in [2.45, 2.75) is 12.3 Å². The number of carbonyl (C=O) groups is 2. The van der Waals surface area contributed by atoms with Crippen molar-refractivity contribution >= 4 is 11.9 Å². The zero-order valence-corrected chi connectivity index (χ0v) is 19.5. The molecule has 1 atom stereocenters. The third kappa shape index (κ3) is 4.13. The Morgan fingerprint density at radius 2 is 1.79 bits per heavy atom. The second-order valence-corrected chi connectivity index (χ2v) is 7.70. The number of ether oxygens (including phenoxy) is 5. The van der Waals surface area contributed by atoms with E-state index in [0.29, 0.717) is 35.8 Å². The Hall–Kier alpha value is -4.12. The van der Waals surface area contributed by atoms with Crippen LogP contribution in [0.15, 0.2) is 47.7 Å². The number of fused-ring (bicyclic) bond motifs is 2. The molecule has 34 heavy (non-hydrogen) atoms. The molecule has 0 saturated heterocycles. The maximum atomic E-state index is 13.2. The summed E-state index contributed by atoms with van der Waals surface area (Å²) in [6.07, 6.45) is 0.539. The fraction of sp³-hybridized carbons (Fsp3) is 0.308. The lowest BCUT2D eigenvalue weighted by atomic mass is 9.83. The van der Waals surface area contributed by atoms with Gasteiger partial charge in [0, 0.05) is 24.7 Å². The molecule has 2 aromatic carbocycles. The Balaban J connectivity index is 2.07. The number of hydrogen-bond acceptors (Lipinski definition) is 8. The van der Waals surface area contributed by atoms with Crippen molar-refractivity contribution in [3.63, 3.8) is 0 Å². The highest BCUT2D eigenvalue weighted by atomic mass is 16.7. The van der Waals surface area contributed by atoms with Crippen LogP contribution in [0.4, 0.5) is 0 Å². The Morgan fingerprint density at radius 3 is 2.47 bits per heavy atom. The van der Waals surface area contributed by atoms with E-state index >= 15 is 0 Å². The molecule has 0 aromatic heterocycles. The molecule has 176 valence electrons. The van der Waals surface area contributed by atoms with Crippen molar-refractivity contribution in [1.29, 1.82) is 0 Å². The normalized spacial score (nSPS) is 18.6. The van der Waals surface area contributed by atoms with Gasteiger partial charge in [-0.05, 0) is 30.2 Å². The van der Waals surface area contributed by atoms with Gasteiger partial charge in [-0.1, -0.05) is 30.0 Å². The number of rotatable bonds is 3. The molecular weight excluding hydrogens is 438 g/mol. The first-order valence-corrected chi connectivity index (χ1v) is 10.7. The summed E-state index contributed by atoms with van der Waals surface area (Å²) in [4.78, 5) is 27.8. The molecule has 0 spiro atoms. The van der Waals surface area contributed by atoms with Gasteiger partial charge < -0.3 is 28.6 Å². The molecule has 1 unspecified atom stereocenters. The summed E-state index contributed by atoms with van der Waals surface area (Å²) >= 11 is 0. The van der Waals surface area contributed by atoms with E-state index in [0.717, 1.165) is 11.1 Å². The van der Waals surface area contributed by atoms with E-state index in [-0.39, 0.29) is 18.1 Å². The van der Waals surface area contributed by atoms with E-state index in [2.05, 4.69) is 11.8 Å². The molecule has 8 nitrogen and oxygen atoms in total. The van der Waals surface area contributed by atoms with Crippen LogP contribution in [0.3, 0.4) is 0 Å². The molecule has 4 rings (SSSR count). The summed E-state index contributed by atoms with van der Waals surface area (Å²) in [6.45, 7) is 0.488. The lowest BCUT2D eigenvalue weighted by Crippen LogP contribution is -2.34. The first-order chi connectivity index (χ1) is 16.5. The molecule has 2 aromatic rings. The van der Waals surface area contributed by atoms with Crippen LogP contribution >= 0.6 is 0 Å². The van der Waals surface area contributed by atoms with Gasteiger partial charge in [0.1, 0.15) is 5.70 Å². The minimum atomic E-state index is -0.871. The number of benzene rings is 2. The number of nitrogens with zero attached hydrogens (tertiary/aromatic N) is 1. The second kappa shape index (κ2) is 9.79. The van der Waals surface area contributed by atoms with Crippen molar-refractivity contribution in [2.24, 2.45) is 0 Å². The average Bonchev–Trinajstić information content (AvgIpc) is 3.33. The predicted molar refractivity (Wildman–Crippen MR) is 123 cm³/mol. The number of hydrogen-bond donors (Lipinski definition) is 0. The molecule has 0 fully saturated rings. The molecule has 0 saturated carbocycles. The standard InChI is InChI=1S/C26H25NO7/c1-27-13-12-17-14-19-23(34-15-33-19)24(30-2)20(17)18(11-10-16-8-6-5-7-9-16)21(25(28)31-3)22(27)26(29)32-4/h5-9,14,18H,12-13,15H2,1-4H3/b22-21+. The van der Waals surface area contributed by atoms with Gasteiger partial charge in [-0.3, -0.25) is 0 Å². The number of likely N-dealkylation sites (N-methyl/N-ethyl adjacent to an activating group) is 1. The predicted octanol–water partition coefficient (Wildman–Crippen LogP) is 2.65. The van der Waals surface area contributed by atoms with Crippen LogP contribution in [0.25, 0.3) is 0 Å². The van der Waals surface area contributed by atoms with Gasteiger partial charge in [0.15, 0.2) is 11.5 Å². The second-order valence-electron chi connectivity index (χ2n) is 7.70.